The molecule has 4 rings (SSSR count). The highest BCUT2D eigenvalue weighted by molar-refractivity contribution is 5.68. The molecule has 178 valence electrons. The summed E-state index contributed by atoms with van der Waals surface area (Å²) in [4.78, 5) is 10.8. The summed E-state index contributed by atoms with van der Waals surface area (Å²) in [5.41, 5.74) is -1.46. The van der Waals surface area contributed by atoms with Gasteiger partial charge in [0.05, 0.1) is 18.8 Å². The van der Waals surface area contributed by atoms with Crippen LogP contribution in [0.5, 0.6) is 5.75 Å². The Morgan fingerprint density at radius 2 is 1.68 bits per heavy atom. The van der Waals surface area contributed by atoms with Crippen molar-refractivity contribution in [1.82, 2.24) is 0 Å². The maximum atomic E-state index is 15.2. The predicted octanol–water partition coefficient (Wildman–Crippen LogP) is 5.42. The molecule has 34 heavy (non-hydrogen) atoms. The second kappa shape index (κ2) is 9.44. The summed E-state index contributed by atoms with van der Waals surface area (Å²) < 4.78 is 72.0. The van der Waals surface area contributed by atoms with E-state index in [1.165, 1.54) is 12.1 Å². The first-order chi connectivity index (χ1) is 16.2. The molecule has 0 aromatic heterocycles. The highest BCUT2D eigenvalue weighted by Gasteiger charge is 2.42. The fraction of sp³-hybridized carbons (Fsp3) is 0.240. The number of carboxylic acids is 1. The number of ether oxygens (including phenoxy) is 3. The van der Waals surface area contributed by atoms with Gasteiger partial charge in [0, 0.05) is 11.1 Å². The van der Waals surface area contributed by atoms with Gasteiger partial charge < -0.3 is 19.3 Å². The summed E-state index contributed by atoms with van der Waals surface area (Å²) in [6.07, 6.45) is -4.75. The molecule has 0 amide bonds. The Bertz CT molecular complexity index is 1160. The number of benzene rings is 3. The second-order valence-corrected chi connectivity index (χ2v) is 7.80. The van der Waals surface area contributed by atoms with E-state index in [0.29, 0.717) is 11.1 Å². The quantitative estimate of drug-likeness (QED) is 0.440. The zero-order valence-corrected chi connectivity index (χ0v) is 17.8. The average Bonchev–Trinajstić information content (AvgIpc) is 2.78. The molecule has 1 fully saturated rings. The number of hydrogen-bond donors (Lipinski definition) is 1. The number of carbonyl (C=O) groups is 1. The van der Waals surface area contributed by atoms with Gasteiger partial charge in [0.2, 0.25) is 0 Å². The van der Waals surface area contributed by atoms with Crippen LogP contribution in [0, 0.1) is 5.82 Å². The van der Waals surface area contributed by atoms with E-state index in [-0.39, 0.29) is 24.5 Å². The third-order valence-corrected chi connectivity index (χ3v) is 5.54. The Morgan fingerprint density at radius 1 is 1.00 bits per heavy atom. The van der Waals surface area contributed by atoms with Gasteiger partial charge in [-0.2, -0.15) is 13.2 Å². The largest absolute Gasteiger partial charge is 0.489 e. The van der Waals surface area contributed by atoms with Crippen LogP contribution in [0.2, 0.25) is 0 Å². The van der Waals surface area contributed by atoms with Gasteiger partial charge in [-0.15, -0.1) is 0 Å². The summed E-state index contributed by atoms with van der Waals surface area (Å²) in [5, 5.41) is 8.86. The van der Waals surface area contributed by atoms with Crippen molar-refractivity contribution in [2.75, 3.05) is 19.8 Å². The Hall–Kier alpha value is -3.43. The average molecular weight is 476 g/mol. The lowest BCUT2D eigenvalue weighted by Gasteiger charge is -2.41. The molecule has 0 spiro atoms. The van der Waals surface area contributed by atoms with Crippen LogP contribution in [0.25, 0.3) is 11.1 Å². The standard InChI is InChI=1S/C25H20F4O5/c26-23-19(16-4-2-1-3-5-16)10-11-21(25(27,28)29)20(23)12-33-18-8-6-17(7-9-18)24(14-32-15-24)34-13-22(30)31/h1-11H,12-15H2,(H,30,31). The van der Waals surface area contributed by atoms with Crippen molar-refractivity contribution in [3.8, 4) is 16.9 Å². The van der Waals surface area contributed by atoms with E-state index in [2.05, 4.69) is 0 Å². The SMILES string of the molecule is O=C(O)COC1(c2ccc(OCc3c(C(F)(F)F)ccc(-c4ccccc4)c3F)cc2)COC1. The topological polar surface area (TPSA) is 65.0 Å². The molecule has 0 unspecified atom stereocenters. The molecular weight excluding hydrogens is 456 g/mol. The maximum Gasteiger partial charge on any atom is 0.416 e. The smallest absolute Gasteiger partial charge is 0.416 e. The van der Waals surface area contributed by atoms with Crippen molar-refractivity contribution in [3.63, 3.8) is 0 Å². The summed E-state index contributed by atoms with van der Waals surface area (Å²) in [5.74, 6) is -1.90. The highest BCUT2D eigenvalue weighted by Crippen LogP contribution is 2.38. The van der Waals surface area contributed by atoms with Gasteiger partial charge in [0.15, 0.2) is 0 Å². The zero-order valence-electron chi connectivity index (χ0n) is 17.8. The lowest BCUT2D eigenvalue weighted by Crippen LogP contribution is -2.49. The van der Waals surface area contributed by atoms with Crippen molar-refractivity contribution in [2.45, 2.75) is 18.4 Å². The first-order valence-corrected chi connectivity index (χ1v) is 10.3. The number of alkyl halides is 3. The molecule has 1 heterocycles. The van der Waals surface area contributed by atoms with Gasteiger partial charge in [-0.05, 0) is 29.3 Å². The van der Waals surface area contributed by atoms with E-state index < -0.39 is 47.9 Å². The van der Waals surface area contributed by atoms with Gasteiger partial charge in [-0.3, -0.25) is 0 Å². The lowest BCUT2D eigenvalue weighted by atomic mass is 9.91. The van der Waals surface area contributed by atoms with Crippen molar-refractivity contribution in [3.05, 3.63) is 89.2 Å². The van der Waals surface area contributed by atoms with Gasteiger partial charge in [-0.25, -0.2) is 9.18 Å². The minimum atomic E-state index is -4.75. The van der Waals surface area contributed by atoms with Crippen molar-refractivity contribution in [1.29, 1.82) is 0 Å². The molecule has 0 radical (unpaired) electrons. The number of rotatable bonds is 8. The molecule has 0 aliphatic carbocycles. The van der Waals surface area contributed by atoms with Gasteiger partial charge in [0.25, 0.3) is 0 Å². The molecule has 0 bridgehead atoms. The first-order valence-electron chi connectivity index (χ1n) is 10.3. The monoisotopic (exact) mass is 476 g/mol. The van der Waals surface area contributed by atoms with E-state index in [9.17, 15) is 18.0 Å². The Labute approximate surface area is 192 Å². The summed E-state index contributed by atoms with van der Waals surface area (Å²) in [6, 6.07) is 16.5. The molecule has 9 heteroatoms. The number of halogens is 4. The minimum absolute atomic E-state index is 0.0463. The first kappa shape index (κ1) is 23.7. The predicted molar refractivity (Wildman–Crippen MR) is 114 cm³/mol. The van der Waals surface area contributed by atoms with Crippen LogP contribution in [0.4, 0.5) is 17.6 Å². The molecule has 5 nitrogen and oxygen atoms in total. The lowest BCUT2D eigenvalue weighted by molar-refractivity contribution is -0.220. The summed E-state index contributed by atoms with van der Waals surface area (Å²) >= 11 is 0. The van der Waals surface area contributed by atoms with E-state index >= 15 is 4.39 Å². The normalized spacial score (nSPS) is 14.9. The molecule has 0 atom stereocenters. The molecule has 3 aromatic rings. The van der Waals surface area contributed by atoms with Crippen molar-refractivity contribution >= 4 is 5.97 Å². The van der Waals surface area contributed by atoms with Crippen LogP contribution < -0.4 is 4.74 Å². The Kier molecular flexibility index (Phi) is 6.58. The molecule has 3 aromatic carbocycles. The fourth-order valence-corrected chi connectivity index (χ4v) is 3.70. The highest BCUT2D eigenvalue weighted by atomic mass is 19.4. The van der Waals surface area contributed by atoms with Gasteiger partial charge in [0.1, 0.15) is 30.4 Å². The van der Waals surface area contributed by atoms with Crippen LogP contribution in [-0.2, 0) is 32.7 Å². The molecule has 1 aliphatic rings. The zero-order chi connectivity index (χ0) is 24.3. The van der Waals surface area contributed by atoms with Crippen molar-refractivity contribution < 1.29 is 41.7 Å². The second-order valence-electron chi connectivity index (χ2n) is 7.80. The number of hydrogen-bond acceptors (Lipinski definition) is 4. The van der Waals surface area contributed by atoms with Gasteiger partial charge >= 0.3 is 12.1 Å². The molecule has 1 saturated heterocycles. The Morgan fingerprint density at radius 3 is 2.24 bits per heavy atom. The molecule has 1 N–H and O–H groups in total. The van der Waals surface area contributed by atoms with Gasteiger partial charge in [-0.1, -0.05) is 48.5 Å². The molecule has 0 saturated carbocycles. The van der Waals surface area contributed by atoms with Crippen LogP contribution >= 0.6 is 0 Å². The van der Waals surface area contributed by atoms with E-state index in [1.54, 1.807) is 42.5 Å². The van der Waals surface area contributed by atoms with E-state index in [1.807, 2.05) is 0 Å². The minimum Gasteiger partial charge on any atom is -0.489 e. The van der Waals surface area contributed by atoms with Crippen LogP contribution in [0.15, 0.2) is 66.7 Å². The summed E-state index contributed by atoms with van der Waals surface area (Å²) in [7, 11) is 0. The number of carboxylic acid groups (broad SMARTS) is 1. The molecular formula is C25H20F4O5. The fourth-order valence-electron chi connectivity index (χ4n) is 3.70. The maximum absolute atomic E-state index is 15.2. The van der Waals surface area contributed by atoms with Crippen LogP contribution in [0.1, 0.15) is 16.7 Å². The number of aliphatic carboxylic acids is 1. The molecule has 1 aliphatic heterocycles. The van der Waals surface area contributed by atoms with E-state index in [4.69, 9.17) is 19.3 Å². The Balaban J connectivity index is 1.56. The van der Waals surface area contributed by atoms with E-state index in [0.717, 1.165) is 12.1 Å². The third-order valence-electron chi connectivity index (χ3n) is 5.54. The van der Waals surface area contributed by atoms with Crippen LogP contribution in [0.3, 0.4) is 0 Å². The van der Waals surface area contributed by atoms with Crippen molar-refractivity contribution in [2.24, 2.45) is 0 Å². The van der Waals surface area contributed by atoms with Crippen LogP contribution in [-0.4, -0.2) is 30.9 Å². The summed E-state index contributed by atoms with van der Waals surface area (Å²) in [6.45, 7) is -0.789. The third kappa shape index (κ3) is 4.90.